The average Bonchev–Trinajstić information content (AvgIpc) is 2.33. The average molecular weight is 317 g/mol. The van der Waals surface area contributed by atoms with Crippen LogP contribution in [0.25, 0.3) is 11.1 Å². The molecule has 0 saturated heterocycles. The van der Waals surface area contributed by atoms with Crippen molar-refractivity contribution in [2.24, 2.45) is 0 Å². The molecule has 0 aromatic heterocycles. The number of nitrogens with zero attached hydrogens (tertiary/aromatic N) is 1. The first kappa shape index (κ1) is 16.3. The van der Waals surface area contributed by atoms with Crippen LogP contribution < -0.4 is 0 Å². The van der Waals surface area contributed by atoms with Gasteiger partial charge in [0.1, 0.15) is 0 Å². The maximum Gasteiger partial charge on any atom is 0.0670 e. The zero-order chi connectivity index (χ0) is 13.1. The summed E-state index contributed by atoms with van der Waals surface area (Å²) in [6.45, 7) is 0.874. The summed E-state index contributed by atoms with van der Waals surface area (Å²) >= 11 is 12.4. The van der Waals surface area contributed by atoms with Crippen molar-refractivity contribution < 1.29 is 0 Å². The molecule has 0 aliphatic heterocycles. The smallest absolute Gasteiger partial charge is 0.0670 e. The molecule has 0 heterocycles. The van der Waals surface area contributed by atoms with Crippen LogP contribution in [0.2, 0.25) is 10.0 Å². The van der Waals surface area contributed by atoms with Crippen molar-refractivity contribution in [1.29, 1.82) is 0 Å². The molecular formula is C15H16Cl3N. The fourth-order valence-electron chi connectivity index (χ4n) is 1.97. The maximum absolute atomic E-state index is 6.29. The fraction of sp³-hybridized carbons (Fsp3) is 0.200. The molecule has 2 aromatic carbocycles. The Morgan fingerprint density at radius 2 is 1.53 bits per heavy atom. The third kappa shape index (κ3) is 3.87. The molecule has 1 nitrogen and oxygen atoms in total. The number of halogens is 3. The van der Waals surface area contributed by atoms with Crippen LogP contribution in [-0.4, -0.2) is 19.0 Å². The summed E-state index contributed by atoms with van der Waals surface area (Å²) in [6, 6.07) is 14.0. The molecule has 2 aromatic rings. The normalized spacial score (nSPS) is 10.4. The number of rotatable bonds is 3. The Morgan fingerprint density at radius 3 is 2.21 bits per heavy atom. The van der Waals surface area contributed by atoms with Gasteiger partial charge in [0.25, 0.3) is 0 Å². The SMILES string of the molecule is CN(C)Cc1ccccc1-c1cccc(Cl)c1Cl.Cl. The van der Waals surface area contributed by atoms with Gasteiger partial charge in [-0.25, -0.2) is 0 Å². The minimum absolute atomic E-state index is 0. The Labute approximate surface area is 130 Å². The quantitative estimate of drug-likeness (QED) is 0.757. The van der Waals surface area contributed by atoms with Gasteiger partial charge in [-0.2, -0.15) is 0 Å². The molecule has 0 aliphatic rings. The number of benzene rings is 2. The molecular weight excluding hydrogens is 301 g/mol. The molecule has 0 aliphatic carbocycles. The predicted molar refractivity (Wildman–Crippen MR) is 86.5 cm³/mol. The van der Waals surface area contributed by atoms with Gasteiger partial charge in [-0.15, -0.1) is 12.4 Å². The molecule has 102 valence electrons. The van der Waals surface area contributed by atoms with Crippen LogP contribution in [0, 0.1) is 0 Å². The predicted octanol–water partition coefficient (Wildman–Crippen LogP) is 5.14. The van der Waals surface area contributed by atoms with Crippen molar-refractivity contribution in [3.05, 3.63) is 58.1 Å². The van der Waals surface area contributed by atoms with Gasteiger partial charge in [-0.05, 0) is 31.3 Å². The van der Waals surface area contributed by atoms with Gasteiger partial charge in [0, 0.05) is 12.1 Å². The van der Waals surface area contributed by atoms with E-state index in [1.54, 1.807) is 0 Å². The standard InChI is InChI=1S/C15H15Cl2N.ClH/c1-18(2)10-11-6-3-4-7-12(11)13-8-5-9-14(16)15(13)17;/h3-9H,10H2,1-2H3;1H. The molecule has 0 radical (unpaired) electrons. The summed E-state index contributed by atoms with van der Waals surface area (Å²) in [5.41, 5.74) is 3.37. The van der Waals surface area contributed by atoms with Crippen LogP contribution in [0.1, 0.15) is 5.56 Å². The van der Waals surface area contributed by atoms with Crippen LogP contribution in [-0.2, 0) is 6.54 Å². The molecule has 0 amide bonds. The number of hydrogen-bond donors (Lipinski definition) is 0. The summed E-state index contributed by atoms with van der Waals surface area (Å²) in [7, 11) is 4.10. The highest BCUT2D eigenvalue weighted by molar-refractivity contribution is 6.43. The first-order valence-electron chi connectivity index (χ1n) is 5.76. The fourth-order valence-corrected chi connectivity index (χ4v) is 2.38. The monoisotopic (exact) mass is 315 g/mol. The molecule has 0 unspecified atom stereocenters. The largest absolute Gasteiger partial charge is 0.305 e. The first-order valence-corrected chi connectivity index (χ1v) is 6.52. The van der Waals surface area contributed by atoms with Crippen LogP contribution in [0.4, 0.5) is 0 Å². The van der Waals surface area contributed by atoms with Crippen molar-refractivity contribution in [3.8, 4) is 11.1 Å². The van der Waals surface area contributed by atoms with Gasteiger partial charge in [-0.3, -0.25) is 0 Å². The Morgan fingerprint density at radius 1 is 0.895 bits per heavy atom. The van der Waals surface area contributed by atoms with Crippen LogP contribution in [0.3, 0.4) is 0 Å². The zero-order valence-electron chi connectivity index (χ0n) is 10.9. The van der Waals surface area contributed by atoms with Crippen molar-refractivity contribution in [2.45, 2.75) is 6.54 Å². The van der Waals surface area contributed by atoms with E-state index in [1.807, 2.05) is 30.3 Å². The minimum atomic E-state index is 0. The second-order valence-electron chi connectivity index (χ2n) is 4.50. The van der Waals surface area contributed by atoms with Gasteiger partial charge in [0.05, 0.1) is 10.0 Å². The summed E-state index contributed by atoms with van der Waals surface area (Å²) in [5.74, 6) is 0. The van der Waals surface area contributed by atoms with E-state index in [0.29, 0.717) is 10.0 Å². The third-order valence-electron chi connectivity index (χ3n) is 2.75. The van der Waals surface area contributed by atoms with E-state index >= 15 is 0 Å². The lowest BCUT2D eigenvalue weighted by molar-refractivity contribution is 0.403. The van der Waals surface area contributed by atoms with E-state index in [4.69, 9.17) is 23.2 Å². The lowest BCUT2D eigenvalue weighted by Crippen LogP contribution is -2.11. The highest BCUT2D eigenvalue weighted by Crippen LogP contribution is 2.35. The second-order valence-corrected chi connectivity index (χ2v) is 5.28. The molecule has 0 saturated carbocycles. The summed E-state index contributed by atoms with van der Waals surface area (Å²) in [5, 5.41) is 1.21. The maximum atomic E-state index is 6.29. The summed E-state index contributed by atoms with van der Waals surface area (Å²) < 4.78 is 0. The van der Waals surface area contributed by atoms with E-state index < -0.39 is 0 Å². The molecule has 0 fully saturated rings. The van der Waals surface area contributed by atoms with Gasteiger partial charge < -0.3 is 4.90 Å². The molecule has 2 rings (SSSR count). The van der Waals surface area contributed by atoms with Crippen molar-refractivity contribution in [2.75, 3.05) is 14.1 Å². The van der Waals surface area contributed by atoms with Gasteiger partial charge in [-0.1, -0.05) is 59.6 Å². The van der Waals surface area contributed by atoms with Crippen LogP contribution in [0.15, 0.2) is 42.5 Å². The Kier molecular flexibility index (Phi) is 6.15. The van der Waals surface area contributed by atoms with E-state index in [1.165, 1.54) is 5.56 Å². The Balaban J connectivity index is 0.00000180. The molecule has 0 atom stereocenters. The molecule has 0 bridgehead atoms. The molecule has 4 heteroatoms. The minimum Gasteiger partial charge on any atom is -0.305 e. The van der Waals surface area contributed by atoms with Gasteiger partial charge in [0.2, 0.25) is 0 Å². The lowest BCUT2D eigenvalue weighted by atomic mass is 9.99. The van der Waals surface area contributed by atoms with E-state index in [0.717, 1.165) is 17.7 Å². The van der Waals surface area contributed by atoms with Crippen molar-refractivity contribution >= 4 is 35.6 Å². The zero-order valence-corrected chi connectivity index (χ0v) is 13.2. The van der Waals surface area contributed by atoms with Crippen LogP contribution in [0.5, 0.6) is 0 Å². The summed E-state index contributed by atoms with van der Waals surface area (Å²) in [4.78, 5) is 2.14. The number of hydrogen-bond acceptors (Lipinski definition) is 1. The highest BCUT2D eigenvalue weighted by Gasteiger charge is 2.10. The summed E-state index contributed by atoms with van der Waals surface area (Å²) in [6.07, 6.45) is 0. The molecule has 0 spiro atoms. The Bertz CT molecular complexity index is 553. The Hall–Kier alpha value is -0.730. The van der Waals surface area contributed by atoms with Gasteiger partial charge in [0.15, 0.2) is 0 Å². The highest BCUT2D eigenvalue weighted by atomic mass is 35.5. The van der Waals surface area contributed by atoms with Gasteiger partial charge >= 0.3 is 0 Å². The first-order chi connectivity index (χ1) is 8.59. The van der Waals surface area contributed by atoms with E-state index in [2.05, 4.69) is 31.1 Å². The second kappa shape index (κ2) is 7.16. The third-order valence-corrected chi connectivity index (χ3v) is 3.56. The van der Waals surface area contributed by atoms with Crippen molar-refractivity contribution in [3.63, 3.8) is 0 Å². The molecule has 19 heavy (non-hydrogen) atoms. The van der Waals surface area contributed by atoms with E-state index in [-0.39, 0.29) is 12.4 Å². The van der Waals surface area contributed by atoms with Crippen molar-refractivity contribution in [1.82, 2.24) is 4.90 Å². The van der Waals surface area contributed by atoms with Crippen LogP contribution >= 0.6 is 35.6 Å². The topological polar surface area (TPSA) is 3.24 Å². The molecule has 0 N–H and O–H groups in total. The van der Waals surface area contributed by atoms with E-state index in [9.17, 15) is 0 Å². The lowest BCUT2D eigenvalue weighted by Gasteiger charge is -2.15.